The molecule has 2 aliphatic rings. The van der Waals surface area contributed by atoms with Crippen molar-refractivity contribution >= 4 is 17.5 Å². The van der Waals surface area contributed by atoms with Gasteiger partial charge in [0.1, 0.15) is 5.82 Å². The minimum atomic E-state index is 0.839. The molecule has 21 heavy (non-hydrogen) atoms. The fraction of sp³-hybridized carbons (Fsp3) is 0.412. The normalized spacial score (nSPS) is 17.9. The SMILES string of the molecule is c1ccc2c(c1)CCCN2c1nccc(N2CCCC2)n1. The van der Waals surface area contributed by atoms with Gasteiger partial charge in [-0.3, -0.25) is 0 Å². The molecule has 4 nitrogen and oxygen atoms in total. The Morgan fingerprint density at radius 3 is 2.67 bits per heavy atom. The summed E-state index contributed by atoms with van der Waals surface area (Å²) in [6.07, 6.45) is 6.75. The molecule has 1 aromatic heterocycles. The second kappa shape index (κ2) is 5.35. The van der Waals surface area contributed by atoms with Gasteiger partial charge in [0.2, 0.25) is 5.95 Å². The Labute approximate surface area is 125 Å². The van der Waals surface area contributed by atoms with Crippen LogP contribution in [0.5, 0.6) is 0 Å². The van der Waals surface area contributed by atoms with E-state index >= 15 is 0 Å². The number of hydrogen-bond donors (Lipinski definition) is 0. The van der Waals surface area contributed by atoms with Crippen molar-refractivity contribution in [3.05, 3.63) is 42.1 Å². The van der Waals surface area contributed by atoms with E-state index < -0.39 is 0 Å². The van der Waals surface area contributed by atoms with Crippen molar-refractivity contribution in [3.8, 4) is 0 Å². The molecule has 0 radical (unpaired) electrons. The summed E-state index contributed by atoms with van der Waals surface area (Å²) in [6, 6.07) is 10.6. The average Bonchev–Trinajstić information content (AvgIpc) is 3.09. The summed E-state index contributed by atoms with van der Waals surface area (Å²) < 4.78 is 0. The summed E-state index contributed by atoms with van der Waals surface area (Å²) in [5.74, 6) is 1.91. The molecular weight excluding hydrogens is 260 g/mol. The van der Waals surface area contributed by atoms with Gasteiger partial charge in [0, 0.05) is 31.5 Å². The molecular formula is C17H20N4. The molecule has 1 aromatic carbocycles. The first-order chi connectivity index (χ1) is 10.4. The zero-order valence-electron chi connectivity index (χ0n) is 12.2. The van der Waals surface area contributed by atoms with E-state index in [1.807, 2.05) is 12.3 Å². The quantitative estimate of drug-likeness (QED) is 0.846. The molecule has 2 aliphatic heterocycles. The van der Waals surface area contributed by atoms with Gasteiger partial charge in [-0.15, -0.1) is 0 Å². The molecule has 4 rings (SSSR count). The number of rotatable bonds is 2. The average molecular weight is 280 g/mol. The van der Waals surface area contributed by atoms with E-state index in [1.54, 1.807) is 0 Å². The van der Waals surface area contributed by atoms with Gasteiger partial charge in [0.15, 0.2) is 0 Å². The van der Waals surface area contributed by atoms with Crippen LogP contribution in [0.15, 0.2) is 36.5 Å². The fourth-order valence-corrected chi connectivity index (χ4v) is 3.33. The maximum absolute atomic E-state index is 4.82. The van der Waals surface area contributed by atoms with Crippen molar-refractivity contribution < 1.29 is 0 Å². The second-order valence-corrected chi connectivity index (χ2v) is 5.79. The lowest BCUT2D eigenvalue weighted by atomic mass is 10.0. The standard InChI is InChI=1S/C17H20N4/c1-2-8-15-14(6-1)7-5-13-21(15)17-18-10-9-16(19-17)20-11-3-4-12-20/h1-2,6,8-10H,3-5,7,11-13H2. The van der Waals surface area contributed by atoms with Crippen molar-refractivity contribution in [2.24, 2.45) is 0 Å². The Morgan fingerprint density at radius 1 is 0.905 bits per heavy atom. The lowest BCUT2D eigenvalue weighted by Crippen LogP contribution is -2.27. The van der Waals surface area contributed by atoms with Crippen LogP contribution >= 0.6 is 0 Å². The lowest BCUT2D eigenvalue weighted by Gasteiger charge is -2.30. The first kappa shape index (κ1) is 12.6. The van der Waals surface area contributed by atoms with Gasteiger partial charge in [-0.25, -0.2) is 4.98 Å². The van der Waals surface area contributed by atoms with E-state index in [1.165, 1.54) is 24.1 Å². The molecule has 4 heteroatoms. The van der Waals surface area contributed by atoms with Crippen molar-refractivity contribution in [1.29, 1.82) is 0 Å². The minimum absolute atomic E-state index is 0.839. The Bertz CT molecular complexity index is 634. The smallest absolute Gasteiger partial charge is 0.231 e. The topological polar surface area (TPSA) is 32.3 Å². The summed E-state index contributed by atoms with van der Waals surface area (Å²) in [7, 11) is 0. The minimum Gasteiger partial charge on any atom is -0.356 e. The van der Waals surface area contributed by atoms with Crippen LogP contribution in [-0.2, 0) is 6.42 Å². The molecule has 0 bridgehead atoms. The van der Waals surface area contributed by atoms with Crippen LogP contribution in [0.1, 0.15) is 24.8 Å². The first-order valence-corrected chi connectivity index (χ1v) is 7.85. The number of aromatic nitrogens is 2. The molecule has 0 spiro atoms. The van der Waals surface area contributed by atoms with Gasteiger partial charge in [0.25, 0.3) is 0 Å². The van der Waals surface area contributed by atoms with E-state index in [0.29, 0.717) is 0 Å². The van der Waals surface area contributed by atoms with E-state index in [-0.39, 0.29) is 0 Å². The van der Waals surface area contributed by atoms with Crippen LogP contribution < -0.4 is 9.80 Å². The summed E-state index contributed by atoms with van der Waals surface area (Å²) in [4.78, 5) is 14.0. The van der Waals surface area contributed by atoms with Crippen LogP contribution in [0.2, 0.25) is 0 Å². The highest BCUT2D eigenvalue weighted by molar-refractivity contribution is 5.64. The monoisotopic (exact) mass is 280 g/mol. The number of fused-ring (bicyclic) bond motifs is 1. The van der Waals surface area contributed by atoms with Crippen LogP contribution in [0.3, 0.4) is 0 Å². The van der Waals surface area contributed by atoms with Gasteiger partial charge in [-0.1, -0.05) is 18.2 Å². The number of nitrogens with zero attached hydrogens (tertiary/aromatic N) is 4. The Kier molecular flexibility index (Phi) is 3.22. The van der Waals surface area contributed by atoms with Crippen LogP contribution in [-0.4, -0.2) is 29.6 Å². The number of aryl methyl sites for hydroxylation is 1. The zero-order chi connectivity index (χ0) is 14.1. The highest BCUT2D eigenvalue weighted by Gasteiger charge is 2.21. The summed E-state index contributed by atoms with van der Waals surface area (Å²) in [5.41, 5.74) is 2.67. The Morgan fingerprint density at radius 2 is 1.76 bits per heavy atom. The maximum Gasteiger partial charge on any atom is 0.231 e. The molecule has 1 fully saturated rings. The molecule has 108 valence electrons. The van der Waals surface area contributed by atoms with Gasteiger partial charge >= 0.3 is 0 Å². The highest BCUT2D eigenvalue weighted by atomic mass is 15.3. The molecule has 0 aliphatic carbocycles. The number of hydrogen-bond acceptors (Lipinski definition) is 4. The number of para-hydroxylation sites is 1. The summed E-state index contributed by atoms with van der Waals surface area (Å²) in [5, 5.41) is 0. The van der Waals surface area contributed by atoms with Crippen LogP contribution in [0.4, 0.5) is 17.5 Å². The molecule has 0 atom stereocenters. The maximum atomic E-state index is 4.82. The molecule has 1 saturated heterocycles. The molecule has 0 amide bonds. The van der Waals surface area contributed by atoms with E-state index in [4.69, 9.17) is 4.98 Å². The molecule has 0 saturated carbocycles. The number of anilines is 3. The second-order valence-electron chi connectivity index (χ2n) is 5.79. The van der Waals surface area contributed by atoms with Gasteiger partial charge in [-0.2, -0.15) is 4.98 Å². The third-order valence-electron chi connectivity index (χ3n) is 4.41. The van der Waals surface area contributed by atoms with Crippen molar-refractivity contribution in [1.82, 2.24) is 9.97 Å². The third-order valence-corrected chi connectivity index (χ3v) is 4.41. The van der Waals surface area contributed by atoms with Crippen molar-refractivity contribution in [2.45, 2.75) is 25.7 Å². The van der Waals surface area contributed by atoms with Crippen molar-refractivity contribution in [3.63, 3.8) is 0 Å². The van der Waals surface area contributed by atoms with Gasteiger partial charge in [-0.05, 0) is 43.4 Å². The molecule has 0 unspecified atom stereocenters. The first-order valence-electron chi connectivity index (χ1n) is 7.85. The van der Waals surface area contributed by atoms with E-state index in [0.717, 1.165) is 44.2 Å². The molecule has 2 aromatic rings. The van der Waals surface area contributed by atoms with Crippen LogP contribution in [0.25, 0.3) is 0 Å². The molecule has 3 heterocycles. The Balaban J connectivity index is 1.69. The van der Waals surface area contributed by atoms with E-state index in [9.17, 15) is 0 Å². The molecule has 0 N–H and O–H groups in total. The Hall–Kier alpha value is -2.10. The third kappa shape index (κ3) is 2.35. The summed E-state index contributed by atoms with van der Waals surface area (Å²) >= 11 is 0. The summed E-state index contributed by atoms with van der Waals surface area (Å²) in [6.45, 7) is 3.24. The van der Waals surface area contributed by atoms with Crippen LogP contribution in [0, 0.1) is 0 Å². The largest absolute Gasteiger partial charge is 0.356 e. The van der Waals surface area contributed by atoms with Crippen molar-refractivity contribution in [2.75, 3.05) is 29.4 Å². The predicted octanol–water partition coefficient (Wildman–Crippen LogP) is 3.16. The fourth-order valence-electron chi connectivity index (χ4n) is 3.33. The number of benzene rings is 1. The van der Waals surface area contributed by atoms with Gasteiger partial charge in [0.05, 0.1) is 0 Å². The highest BCUT2D eigenvalue weighted by Crippen LogP contribution is 2.32. The zero-order valence-corrected chi connectivity index (χ0v) is 12.2. The predicted molar refractivity (Wildman–Crippen MR) is 85.2 cm³/mol. The lowest BCUT2D eigenvalue weighted by molar-refractivity contribution is 0.748. The van der Waals surface area contributed by atoms with E-state index in [2.05, 4.69) is 39.0 Å². The van der Waals surface area contributed by atoms with Gasteiger partial charge < -0.3 is 9.80 Å².